The minimum atomic E-state index is -0.745. The zero-order valence-corrected chi connectivity index (χ0v) is 8.57. The Bertz CT molecular complexity index is 102. The molecule has 0 radical (unpaired) electrons. The Labute approximate surface area is 83.8 Å². The molecule has 0 rings (SSSR count). The van der Waals surface area contributed by atoms with Crippen molar-refractivity contribution in [1.29, 1.82) is 0 Å². The summed E-state index contributed by atoms with van der Waals surface area (Å²) in [5, 5.41) is 15.4. The van der Waals surface area contributed by atoms with E-state index in [1.54, 1.807) is 13.8 Å². The van der Waals surface area contributed by atoms with Crippen molar-refractivity contribution in [1.82, 2.24) is 0 Å². The van der Waals surface area contributed by atoms with Crippen LogP contribution in [0.25, 0.3) is 0 Å². The normalized spacial score (nSPS) is 6.17. The number of hydrogen-bond acceptors (Lipinski definition) is 2. The summed E-state index contributed by atoms with van der Waals surface area (Å²) in [6.45, 7) is 3.20. The number of rotatable bonds is 2. The molecule has 2 N–H and O–H groups in total. The van der Waals surface area contributed by atoms with E-state index in [4.69, 9.17) is 10.2 Å². The van der Waals surface area contributed by atoms with E-state index in [-0.39, 0.29) is 37.7 Å². The molecule has 12 heavy (non-hydrogen) atoms. The minimum Gasteiger partial charge on any atom is -0.481 e. The van der Waals surface area contributed by atoms with E-state index in [0.717, 1.165) is 0 Å². The zero-order chi connectivity index (χ0) is 8.57. The lowest BCUT2D eigenvalue weighted by molar-refractivity contribution is -0.137. The summed E-state index contributed by atoms with van der Waals surface area (Å²) in [7, 11) is 0. The highest BCUT2D eigenvalue weighted by molar-refractivity contribution is 5.85. The summed E-state index contributed by atoms with van der Waals surface area (Å²) in [5.41, 5.74) is 0. The predicted molar refractivity (Wildman–Crippen MR) is 50.3 cm³/mol. The van der Waals surface area contributed by atoms with E-state index in [1.165, 1.54) is 0 Å². The molecule has 0 saturated heterocycles. The fraction of sp³-hybridized carbons (Fsp3) is 0.667. The van der Waals surface area contributed by atoms with E-state index in [9.17, 15) is 9.59 Å². The van der Waals surface area contributed by atoms with Crippen molar-refractivity contribution in [2.24, 2.45) is 0 Å². The van der Waals surface area contributed by atoms with Crippen LogP contribution in [0.15, 0.2) is 0 Å². The number of halogens is 2. The Kier molecular flexibility index (Phi) is 31.7. The minimum absolute atomic E-state index is 0. The van der Waals surface area contributed by atoms with Gasteiger partial charge in [0.05, 0.1) is 0 Å². The van der Waals surface area contributed by atoms with Gasteiger partial charge in [-0.2, -0.15) is 0 Å². The van der Waals surface area contributed by atoms with Crippen molar-refractivity contribution in [3.05, 3.63) is 0 Å². The van der Waals surface area contributed by atoms with Crippen molar-refractivity contribution in [2.75, 3.05) is 0 Å². The van der Waals surface area contributed by atoms with Crippen LogP contribution >= 0.6 is 24.8 Å². The quantitative estimate of drug-likeness (QED) is 0.745. The highest BCUT2D eigenvalue weighted by Crippen LogP contribution is 1.67. The average molecular weight is 221 g/mol. The molecule has 0 spiro atoms. The smallest absolute Gasteiger partial charge is 0.303 e. The van der Waals surface area contributed by atoms with Gasteiger partial charge in [-0.3, -0.25) is 9.59 Å². The Hall–Kier alpha value is -0.480. The van der Waals surface area contributed by atoms with Crippen LogP contribution in [0.5, 0.6) is 0 Å². The third-order valence-corrected chi connectivity index (χ3v) is 0.605. The number of carbonyl (C=O) groups is 2. The van der Waals surface area contributed by atoms with E-state index in [1.807, 2.05) is 0 Å². The highest BCUT2D eigenvalue weighted by atomic mass is 35.5. The molecule has 0 unspecified atom stereocenters. The number of aliphatic carboxylic acids is 2. The second-order valence-corrected chi connectivity index (χ2v) is 1.49. The van der Waals surface area contributed by atoms with Crippen LogP contribution in [-0.4, -0.2) is 22.2 Å². The van der Waals surface area contributed by atoms with E-state index >= 15 is 0 Å². The Morgan fingerprint density at radius 1 is 0.917 bits per heavy atom. The van der Waals surface area contributed by atoms with Crippen LogP contribution in [0.1, 0.15) is 26.7 Å². The van der Waals surface area contributed by atoms with Crippen molar-refractivity contribution < 1.29 is 19.8 Å². The van der Waals surface area contributed by atoms with Gasteiger partial charge < -0.3 is 10.2 Å². The molecule has 0 aliphatic heterocycles. The lowest BCUT2D eigenvalue weighted by Crippen LogP contribution is -1.86. The monoisotopic (exact) mass is 220 g/mol. The van der Waals surface area contributed by atoms with Gasteiger partial charge >= 0.3 is 11.9 Å². The van der Waals surface area contributed by atoms with Gasteiger partial charge in [0.1, 0.15) is 0 Å². The lowest BCUT2D eigenvalue weighted by Gasteiger charge is -1.71. The number of hydrogen-bond donors (Lipinski definition) is 2. The molecule has 6 heteroatoms. The molecule has 0 aromatic rings. The average Bonchev–Trinajstić information content (AvgIpc) is 1.89. The van der Waals surface area contributed by atoms with Gasteiger partial charge in [-0.05, 0) is 0 Å². The van der Waals surface area contributed by atoms with Crippen LogP contribution in [-0.2, 0) is 9.59 Å². The maximum absolute atomic E-state index is 9.37. The first-order valence-corrected chi connectivity index (χ1v) is 2.98. The molecule has 0 saturated carbocycles. The van der Waals surface area contributed by atoms with Gasteiger partial charge in [-0.15, -0.1) is 24.8 Å². The molecule has 0 aliphatic rings. The van der Waals surface area contributed by atoms with Gasteiger partial charge in [-0.1, -0.05) is 13.8 Å². The highest BCUT2D eigenvalue weighted by Gasteiger charge is 1.81. The second kappa shape index (κ2) is 16.9. The molecule has 0 aliphatic carbocycles. The Morgan fingerprint density at radius 3 is 1.00 bits per heavy atom. The maximum atomic E-state index is 9.37. The van der Waals surface area contributed by atoms with Gasteiger partial charge in [-0.25, -0.2) is 0 Å². The van der Waals surface area contributed by atoms with Crippen LogP contribution in [0.2, 0.25) is 0 Å². The molecule has 0 fully saturated rings. The zero-order valence-electron chi connectivity index (χ0n) is 6.94. The Morgan fingerprint density at radius 2 is 1.00 bits per heavy atom. The second-order valence-electron chi connectivity index (χ2n) is 1.49. The molecule has 0 heterocycles. The first-order valence-electron chi connectivity index (χ1n) is 2.98. The molecule has 0 amide bonds. The van der Waals surface area contributed by atoms with Crippen LogP contribution in [0, 0.1) is 0 Å². The van der Waals surface area contributed by atoms with Crippen LogP contribution in [0.3, 0.4) is 0 Å². The molecule has 0 aromatic carbocycles. The van der Waals surface area contributed by atoms with Crippen molar-refractivity contribution in [3.8, 4) is 0 Å². The summed E-state index contributed by atoms with van der Waals surface area (Å²) in [6, 6.07) is 0. The molecular weight excluding hydrogens is 207 g/mol. The molecule has 76 valence electrons. The van der Waals surface area contributed by atoms with Gasteiger partial charge in [0.25, 0.3) is 0 Å². The summed E-state index contributed by atoms with van der Waals surface area (Å²) >= 11 is 0. The van der Waals surface area contributed by atoms with Gasteiger partial charge in [0, 0.05) is 12.8 Å². The summed E-state index contributed by atoms with van der Waals surface area (Å²) in [4.78, 5) is 18.7. The van der Waals surface area contributed by atoms with Gasteiger partial charge in [0.2, 0.25) is 0 Å². The van der Waals surface area contributed by atoms with E-state index < -0.39 is 11.9 Å². The van der Waals surface area contributed by atoms with Crippen molar-refractivity contribution >= 4 is 36.8 Å². The number of carboxylic acid groups (broad SMARTS) is 2. The Balaban J connectivity index is -0.0000000457. The summed E-state index contributed by atoms with van der Waals surface area (Å²) in [5.74, 6) is -1.49. The van der Waals surface area contributed by atoms with E-state index in [2.05, 4.69) is 0 Å². The maximum Gasteiger partial charge on any atom is 0.303 e. The third kappa shape index (κ3) is 55.8. The fourth-order valence-electron chi connectivity index (χ4n) is 0. The molecular formula is C6H14Cl2O4. The standard InChI is InChI=1S/2C3H6O2.2ClH/c2*1-2-3(4)5;;/h2*2H2,1H3,(H,4,5);2*1H. The SMILES string of the molecule is CCC(=O)O.CCC(=O)O.Cl.Cl. The fourth-order valence-corrected chi connectivity index (χ4v) is 0. The first kappa shape index (κ1) is 22.5. The predicted octanol–water partition coefficient (Wildman–Crippen LogP) is 1.81. The van der Waals surface area contributed by atoms with Gasteiger partial charge in [0.15, 0.2) is 0 Å². The topological polar surface area (TPSA) is 74.6 Å². The summed E-state index contributed by atoms with van der Waals surface area (Å²) < 4.78 is 0. The van der Waals surface area contributed by atoms with E-state index in [0.29, 0.717) is 0 Å². The van der Waals surface area contributed by atoms with Crippen LogP contribution < -0.4 is 0 Å². The van der Waals surface area contributed by atoms with Crippen molar-refractivity contribution in [3.63, 3.8) is 0 Å². The van der Waals surface area contributed by atoms with Crippen molar-refractivity contribution in [2.45, 2.75) is 26.7 Å². The third-order valence-electron chi connectivity index (χ3n) is 0.605. The van der Waals surface area contributed by atoms with Crippen LogP contribution in [0.4, 0.5) is 0 Å². The lowest BCUT2D eigenvalue weighted by atomic mass is 10.5. The molecule has 0 atom stereocenters. The number of carboxylic acids is 2. The first-order chi connectivity index (χ1) is 4.54. The largest absolute Gasteiger partial charge is 0.481 e. The molecule has 4 nitrogen and oxygen atoms in total. The molecule has 0 aromatic heterocycles. The molecule has 0 bridgehead atoms. The summed E-state index contributed by atoms with van der Waals surface area (Å²) in [6.07, 6.45) is 0.444.